The fourth-order valence-electron chi connectivity index (χ4n) is 0.434. The lowest BCUT2D eigenvalue weighted by atomic mass is 11.3. The summed E-state index contributed by atoms with van der Waals surface area (Å²) in [6, 6.07) is 0. The first-order chi connectivity index (χ1) is 5.33. The number of hydrogen-bond acceptors (Lipinski definition) is 0. The molecule has 0 aromatic heterocycles. The summed E-state index contributed by atoms with van der Waals surface area (Å²) in [5.74, 6) is 0. The van der Waals surface area contributed by atoms with Crippen LogP contribution >= 0.6 is 22.6 Å². The van der Waals surface area contributed by atoms with Gasteiger partial charge in [0, 0.05) is 4.05 Å². The van der Waals surface area contributed by atoms with Gasteiger partial charge in [0.15, 0.2) is 0 Å². The van der Waals surface area contributed by atoms with Gasteiger partial charge in [0.05, 0.1) is 0 Å². The van der Waals surface area contributed by atoms with Gasteiger partial charge in [0.2, 0.25) is 8.07 Å². The molecule has 66 valence electrons. The van der Waals surface area contributed by atoms with Gasteiger partial charge in [-0.25, -0.2) is 0 Å². The molecule has 0 amide bonds. The Morgan fingerprint density at radius 2 is 1.67 bits per heavy atom. The van der Waals surface area contributed by atoms with Crippen LogP contribution < -0.4 is 0 Å². The molecule has 1 unspecified atom stereocenters. The zero-order chi connectivity index (χ0) is 9.83. The van der Waals surface area contributed by atoms with Crippen LogP contribution in [0.1, 0.15) is 0 Å². The van der Waals surface area contributed by atoms with E-state index in [4.69, 9.17) is 6.42 Å². The zero-order valence-electron chi connectivity index (χ0n) is 8.16. The van der Waals surface area contributed by atoms with E-state index in [2.05, 4.69) is 65.4 Å². The van der Waals surface area contributed by atoms with Crippen molar-refractivity contribution < 1.29 is 0 Å². The maximum Gasteiger partial charge on any atom is 0.221 e. The summed E-state index contributed by atoms with van der Waals surface area (Å²) in [5.41, 5.74) is 9.59. The van der Waals surface area contributed by atoms with Gasteiger partial charge >= 0.3 is 0 Å². The molecule has 0 rings (SSSR count). The van der Waals surface area contributed by atoms with E-state index >= 15 is 0 Å². The normalized spacial score (nSPS) is 15.3. The lowest BCUT2D eigenvalue weighted by molar-refractivity contribution is 1.81. The highest BCUT2D eigenvalue weighted by atomic mass is 127. The van der Waals surface area contributed by atoms with E-state index in [0.29, 0.717) is 0 Å². The lowest BCUT2D eigenvalue weighted by Crippen LogP contribution is -2.31. The van der Waals surface area contributed by atoms with E-state index in [9.17, 15) is 0 Å². The second-order valence-corrected chi connectivity index (χ2v) is 14.6. The number of halogens is 1. The zero-order valence-corrected chi connectivity index (χ0v) is 12.3. The molecule has 0 aromatic rings. The second kappa shape index (κ2) is 4.50. The van der Waals surface area contributed by atoms with Crippen LogP contribution in [0.3, 0.4) is 0 Å². The SMILES string of the molecule is C#C[Si](C)(C#C[Si](C)(C)C)CI. The maximum atomic E-state index is 5.47. The Balaban J connectivity index is 4.61. The molecule has 0 N–H and O–H groups in total. The minimum Gasteiger partial charge on any atom is -0.138 e. The van der Waals surface area contributed by atoms with Crippen LogP contribution in [0.15, 0.2) is 0 Å². The van der Waals surface area contributed by atoms with Crippen molar-refractivity contribution in [1.82, 2.24) is 0 Å². The summed E-state index contributed by atoms with van der Waals surface area (Å²) in [6.45, 7) is 8.90. The summed E-state index contributed by atoms with van der Waals surface area (Å²) in [6.07, 6.45) is 5.47. The second-order valence-electron chi connectivity index (χ2n) is 4.11. The highest BCUT2D eigenvalue weighted by Gasteiger charge is 2.21. The molecule has 0 radical (unpaired) electrons. The van der Waals surface area contributed by atoms with Gasteiger partial charge in [0.1, 0.15) is 8.07 Å². The summed E-state index contributed by atoms with van der Waals surface area (Å²) in [7, 11) is -2.84. The molecule has 0 spiro atoms. The Morgan fingerprint density at radius 3 is 1.92 bits per heavy atom. The fourth-order valence-corrected chi connectivity index (χ4v) is 4.49. The number of hydrogen-bond donors (Lipinski definition) is 0. The first kappa shape index (κ1) is 12.3. The van der Waals surface area contributed by atoms with E-state index in [0.717, 1.165) is 4.05 Å². The summed E-state index contributed by atoms with van der Waals surface area (Å²) >= 11 is 2.35. The van der Waals surface area contributed by atoms with Crippen LogP contribution in [0.5, 0.6) is 0 Å². The first-order valence-electron chi connectivity index (χ1n) is 3.91. The van der Waals surface area contributed by atoms with Crippen LogP contribution in [-0.4, -0.2) is 20.2 Å². The predicted molar refractivity (Wildman–Crippen MR) is 70.5 cm³/mol. The molecule has 0 heterocycles. The quantitative estimate of drug-likeness (QED) is 0.302. The molecule has 0 nitrogen and oxygen atoms in total. The lowest BCUT2D eigenvalue weighted by Gasteiger charge is -2.10. The summed E-state index contributed by atoms with van der Waals surface area (Å²) in [4.78, 5) is 0. The van der Waals surface area contributed by atoms with E-state index < -0.39 is 16.1 Å². The van der Waals surface area contributed by atoms with Crippen molar-refractivity contribution in [2.24, 2.45) is 0 Å². The van der Waals surface area contributed by atoms with Crippen LogP contribution in [0.4, 0.5) is 0 Å². The van der Waals surface area contributed by atoms with Crippen molar-refractivity contribution in [3.63, 3.8) is 0 Å². The van der Waals surface area contributed by atoms with Crippen molar-refractivity contribution in [3.8, 4) is 23.1 Å². The van der Waals surface area contributed by atoms with Crippen LogP contribution in [-0.2, 0) is 0 Å². The topological polar surface area (TPSA) is 0 Å². The third kappa shape index (κ3) is 5.02. The van der Waals surface area contributed by atoms with Crippen molar-refractivity contribution in [2.45, 2.75) is 26.2 Å². The van der Waals surface area contributed by atoms with Gasteiger partial charge in [-0.2, -0.15) is 0 Å². The van der Waals surface area contributed by atoms with Gasteiger partial charge in [-0.15, -0.1) is 23.1 Å². The Bertz CT molecular complexity index is 248. The monoisotopic (exact) mass is 306 g/mol. The molecule has 0 saturated heterocycles. The Morgan fingerprint density at radius 1 is 1.17 bits per heavy atom. The van der Waals surface area contributed by atoms with Crippen LogP contribution in [0.2, 0.25) is 26.2 Å². The van der Waals surface area contributed by atoms with Gasteiger partial charge < -0.3 is 0 Å². The molecule has 0 aliphatic heterocycles. The molecular formula is C9H15ISi2. The fraction of sp³-hybridized carbons (Fsp3) is 0.556. The average molecular weight is 306 g/mol. The summed E-state index contributed by atoms with van der Waals surface area (Å²) in [5, 5.41) is 0. The molecule has 12 heavy (non-hydrogen) atoms. The minimum atomic E-state index is -1.62. The standard InChI is InChI=1S/C9H15ISi2/c1-6-12(5,9-10)8-7-11(2,3)4/h1H,9H2,2-5H3. The molecule has 0 aliphatic carbocycles. The van der Waals surface area contributed by atoms with E-state index in [1.54, 1.807) is 0 Å². The molecule has 0 bridgehead atoms. The Kier molecular flexibility index (Phi) is 4.61. The molecule has 1 atom stereocenters. The number of terminal acetylenes is 1. The number of alkyl halides is 1. The highest BCUT2D eigenvalue weighted by Crippen LogP contribution is 2.05. The molecule has 0 aromatic carbocycles. The van der Waals surface area contributed by atoms with Crippen LogP contribution in [0.25, 0.3) is 0 Å². The smallest absolute Gasteiger partial charge is 0.138 e. The molecule has 0 saturated carbocycles. The van der Waals surface area contributed by atoms with Crippen molar-refractivity contribution in [2.75, 3.05) is 4.05 Å². The van der Waals surface area contributed by atoms with Gasteiger partial charge in [-0.05, 0) is 6.55 Å². The van der Waals surface area contributed by atoms with Crippen molar-refractivity contribution in [1.29, 1.82) is 0 Å². The molecule has 0 fully saturated rings. The van der Waals surface area contributed by atoms with Crippen molar-refractivity contribution in [3.05, 3.63) is 0 Å². The number of rotatable bonds is 1. The maximum absolute atomic E-state index is 5.47. The molecular weight excluding hydrogens is 291 g/mol. The van der Waals surface area contributed by atoms with Gasteiger partial charge in [-0.3, -0.25) is 0 Å². The Hall–Kier alpha value is 0.284. The van der Waals surface area contributed by atoms with Crippen LogP contribution in [0, 0.1) is 23.1 Å². The third-order valence-electron chi connectivity index (χ3n) is 1.30. The first-order valence-corrected chi connectivity index (χ1v) is 11.6. The third-order valence-corrected chi connectivity index (χ3v) is 8.85. The van der Waals surface area contributed by atoms with Gasteiger partial charge in [-0.1, -0.05) is 42.2 Å². The average Bonchev–Trinajstić information content (AvgIpc) is 1.99. The van der Waals surface area contributed by atoms with Gasteiger partial charge in [0.25, 0.3) is 0 Å². The van der Waals surface area contributed by atoms with E-state index in [-0.39, 0.29) is 0 Å². The summed E-state index contributed by atoms with van der Waals surface area (Å²) < 4.78 is 1.04. The van der Waals surface area contributed by atoms with E-state index in [1.165, 1.54) is 0 Å². The molecule has 0 aliphatic rings. The highest BCUT2D eigenvalue weighted by molar-refractivity contribution is 14.1. The van der Waals surface area contributed by atoms with E-state index in [1.807, 2.05) is 0 Å². The van der Waals surface area contributed by atoms with Crippen molar-refractivity contribution >= 4 is 38.7 Å². The largest absolute Gasteiger partial charge is 0.221 e. The predicted octanol–water partition coefficient (Wildman–Crippen LogP) is 2.63. The minimum absolute atomic E-state index is 1.04. The molecule has 3 heteroatoms. The Labute approximate surface area is 91.7 Å².